The van der Waals surface area contributed by atoms with Gasteiger partial charge in [0, 0.05) is 45.3 Å². The highest BCUT2D eigenvalue weighted by atomic mass is 15.3. The van der Waals surface area contributed by atoms with Gasteiger partial charge in [-0.25, -0.2) is 0 Å². The molecule has 1 atom stereocenters. The van der Waals surface area contributed by atoms with Gasteiger partial charge in [-0.1, -0.05) is 40.0 Å². The van der Waals surface area contributed by atoms with Crippen molar-refractivity contribution in [3.05, 3.63) is 0 Å². The van der Waals surface area contributed by atoms with E-state index in [1.807, 2.05) is 0 Å². The molecule has 1 heterocycles. The van der Waals surface area contributed by atoms with Crippen LogP contribution in [0.15, 0.2) is 4.99 Å². The molecule has 142 valence electrons. The Morgan fingerprint density at radius 1 is 1.00 bits per heavy atom. The lowest BCUT2D eigenvalue weighted by atomic mass is 10.0. The second-order valence-electron chi connectivity index (χ2n) is 7.36. The Balaban J connectivity index is 2.50. The van der Waals surface area contributed by atoms with Gasteiger partial charge in [0.1, 0.15) is 0 Å². The first-order valence-electron chi connectivity index (χ1n) is 10.0. The van der Waals surface area contributed by atoms with Crippen LogP contribution in [-0.4, -0.2) is 74.7 Å². The molecule has 5 heteroatoms. The Labute approximate surface area is 150 Å². The van der Waals surface area contributed by atoms with Gasteiger partial charge in [-0.2, -0.15) is 0 Å². The molecule has 5 nitrogen and oxygen atoms in total. The fourth-order valence-corrected chi connectivity index (χ4v) is 3.19. The van der Waals surface area contributed by atoms with E-state index in [9.17, 15) is 0 Å². The standard InChI is InChI=1S/C19H41N5/c1-6-8-9-10-11-21-19(20-7-2)22-16-18(17(3)4)24-14-12-23(5)13-15-24/h17-18H,6-16H2,1-5H3,(H2,20,21,22). The van der Waals surface area contributed by atoms with Crippen molar-refractivity contribution in [2.24, 2.45) is 10.9 Å². The maximum absolute atomic E-state index is 4.89. The summed E-state index contributed by atoms with van der Waals surface area (Å²) >= 11 is 0. The minimum absolute atomic E-state index is 0.536. The molecule has 0 aromatic carbocycles. The number of guanidine groups is 1. The lowest BCUT2D eigenvalue weighted by Crippen LogP contribution is -2.52. The number of likely N-dealkylation sites (N-methyl/N-ethyl adjacent to an activating group) is 1. The quantitative estimate of drug-likeness (QED) is 0.364. The summed E-state index contributed by atoms with van der Waals surface area (Å²) in [5.41, 5.74) is 0. The predicted molar refractivity (Wildman–Crippen MR) is 106 cm³/mol. The third kappa shape index (κ3) is 8.34. The summed E-state index contributed by atoms with van der Waals surface area (Å²) in [7, 11) is 2.21. The predicted octanol–water partition coefficient (Wildman–Crippen LogP) is 2.39. The molecule has 2 N–H and O–H groups in total. The van der Waals surface area contributed by atoms with Crippen LogP contribution in [0, 0.1) is 5.92 Å². The van der Waals surface area contributed by atoms with Gasteiger partial charge >= 0.3 is 0 Å². The first kappa shape index (κ1) is 21.2. The highest BCUT2D eigenvalue weighted by molar-refractivity contribution is 5.79. The average Bonchev–Trinajstić information content (AvgIpc) is 2.56. The van der Waals surface area contributed by atoms with Crippen molar-refractivity contribution < 1.29 is 0 Å². The van der Waals surface area contributed by atoms with Crippen LogP contribution in [0.25, 0.3) is 0 Å². The maximum atomic E-state index is 4.89. The van der Waals surface area contributed by atoms with Crippen LogP contribution in [0.2, 0.25) is 0 Å². The first-order chi connectivity index (χ1) is 11.6. The molecule has 24 heavy (non-hydrogen) atoms. The van der Waals surface area contributed by atoms with Crippen molar-refractivity contribution in [3.8, 4) is 0 Å². The second kappa shape index (κ2) is 12.5. The van der Waals surface area contributed by atoms with Crippen LogP contribution < -0.4 is 10.6 Å². The molecule has 1 saturated heterocycles. The highest BCUT2D eigenvalue weighted by Gasteiger charge is 2.24. The highest BCUT2D eigenvalue weighted by Crippen LogP contribution is 2.14. The smallest absolute Gasteiger partial charge is 0.191 e. The van der Waals surface area contributed by atoms with Crippen LogP contribution in [-0.2, 0) is 0 Å². The van der Waals surface area contributed by atoms with E-state index in [1.165, 1.54) is 38.8 Å². The second-order valence-corrected chi connectivity index (χ2v) is 7.36. The zero-order valence-corrected chi connectivity index (χ0v) is 16.8. The number of nitrogens with one attached hydrogen (secondary N) is 2. The van der Waals surface area contributed by atoms with Gasteiger partial charge < -0.3 is 15.5 Å². The summed E-state index contributed by atoms with van der Waals surface area (Å²) in [6, 6.07) is 0.536. The van der Waals surface area contributed by atoms with Crippen molar-refractivity contribution in [1.29, 1.82) is 0 Å². The molecule has 0 radical (unpaired) electrons. The number of hydrogen-bond acceptors (Lipinski definition) is 3. The SMILES string of the molecule is CCCCCCNC(=NCC(C(C)C)N1CCN(C)CC1)NCC. The van der Waals surface area contributed by atoms with E-state index in [-0.39, 0.29) is 0 Å². The normalized spacial score (nSPS) is 18.8. The zero-order chi connectivity index (χ0) is 17.8. The number of aliphatic imine (C=N–C) groups is 1. The minimum Gasteiger partial charge on any atom is -0.357 e. The van der Waals surface area contributed by atoms with E-state index in [4.69, 9.17) is 4.99 Å². The lowest BCUT2D eigenvalue weighted by Gasteiger charge is -2.39. The molecule has 0 amide bonds. The van der Waals surface area contributed by atoms with E-state index in [2.05, 4.69) is 55.2 Å². The Kier molecular flexibility index (Phi) is 11.1. The van der Waals surface area contributed by atoms with Gasteiger partial charge in [-0.3, -0.25) is 9.89 Å². The van der Waals surface area contributed by atoms with Crippen molar-refractivity contribution >= 4 is 5.96 Å². The Morgan fingerprint density at radius 3 is 2.29 bits per heavy atom. The fraction of sp³-hybridized carbons (Fsp3) is 0.947. The summed E-state index contributed by atoms with van der Waals surface area (Å²) in [6.45, 7) is 16.5. The van der Waals surface area contributed by atoms with Crippen molar-refractivity contribution in [3.63, 3.8) is 0 Å². The van der Waals surface area contributed by atoms with Gasteiger partial charge in [0.2, 0.25) is 0 Å². The maximum Gasteiger partial charge on any atom is 0.191 e. The number of nitrogens with zero attached hydrogens (tertiary/aromatic N) is 3. The molecular formula is C19H41N5. The Bertz CT molecular complexity index is 335. The van der Waals surface area contributed by atoms with Gasteiger partial charge in [-0.05, 0) is 26.3 Å². The number of unbranched alkanes of at least 4 members (excludes halogenated alkanes) is 3. The summed E-state index contributed by atoms with van der Waals surface area (Å²) in [5, 5.41) is 6.89. The van der Waals surface area contributed by atoms with Crippen LogP contribution in [0.5, 0.6) is 0 Å². The third-order valence-electron chi connectivity index (χ3n) is 4.88. The van der Waals surface area contributed by atoms with Gasteiger partial charge in [0.25, 0.3) is 0 Å². The minimum atomic E-state index is 0.536. The monoisotopic (exact) mass is 339 g/mol. The van der Waals surface area contributed by atoms with E-state index >= 15 is 0 Å². The molecule has 1 unspecified atom stereocenters. The van der Waals surface area contributed by atoms with Gasteiger partial charge in [0.05, 0.1) is 6.54 Å². The summed E-state index contributed by atoms with van der Waals surface area (Å²) < 4.78 is 0. The molecular weight excluding hydrogens is 298 g/mol. The van der Waals surface area contributed by atoms with E-state index in [1.54, 1.807) is 0 Å². The van der Waals surface area contributed by atoms with Crippen molar-refractivity contribution in [1.82, 2.24) is 20.4 Å². The topological polar surface area (TPSA) is 42.9 Å². The average molecular weight is 340 g/mol. The lowest BCUT2D eigenvalue weighted by molar-refractivity contribution is 0.0925. The van der Waals surface area contributed by atoms with E-state index < -0.39 is 0 Å². The molecule has 1 fully saturated rings. The van der Waals surface area contributed by atoms with E-state index in [0.29, 0.717) is 12.0 Å². The molecule has 0 saturated carbocycles. The molecule has 0 aromatic heterocycles. The summed E-state index contributed by atoms with van der Waals surface area (Å²) in [5.74, 6) is 1.61. The fourth-order valence-electron chi connectivity index (χ4n) is 3.19. The van der Waals surface area contributed by atoms with Crippen LogP contribution in [0.3, 0.4) is 0 Å². The van der Waals surface area contributed by atoms with Crippen LogP contribution in [0.4, 0.5) is 0 Å². The summed E-state index contributed by atoms with van der Waals surface area (Å²) in [4.78, 5) is 9.93. The molecule has 0 aromatic rings. The van der Waals surface area contributed by atoms with Crippen molar-refractivity contribution in [2.75, 3.05) is 52.9 Å². The number of rotatable bonds is 10. The van der Waals surface area contributed by atoms with Gasteiger partial charge in [0.15, 0.2) is 5.96 Å². The first-order valence-corrected chi connectivity index (χ1v) is 10.0. The Hall–Kier alpha value is -0.810. The van der Waals surface area contributed by atoms with Crippen LogP contribution in [0.1, 0.15) is 53.4 Å². The molecule has 0 aliphatic carbocycles. The van der Waals surface area contributed by atoms with Crippen molar-refractivity contribution in [2.45, 2.75) is 59.4 Å². The molecule has 0 spiro atoms. The number of piperazine rings is 1. The molecule has 1 aliphatic rings. The molecule has 1 aliphatic heterocycles. The zero-order valence-electron chi connectivity index (χ0n) is 16.8. The van der Waals surface area contributed by atoms with E-state index in [0.717, 1.165) is 38.7 Å². The molecule has 1 rings (SSSR count). The largest absolute Gasteiger partial charge is 0.357 e. The Morgan fingerprint density at radius 2 is 1.71 bits per heavy atom. The molecule has 0 bridgehead atoms. The van der Waals surface area contributed by atoms with Gasteiger partial charge in [-0.15, -0.1) is 0 Å². The third-order valence-corrected chi connectivity index (χ3v) is 4.88. The summed E-state index contributed by atoms with van der Waals surface area (Å²) in [6.07, 6.45) is 5.15. The van der Waals surface area contributed by atoms with Crippen LogP contribution >= 0.6 is 0 Å². The number of hydrogen-bond donors (Lipinski definition) is 2.